The lowest BCUT2D eigenvalue weighted by Crippen LogP contribution is -2.54. The van der Waals surface area contributed by atoms with Crippen molar-refractivity contribution in [3.63, 3.8) is 0 Å². The molecule has 27 heavy (non-hydrogen) atoms. The third-order valence-corrected chi connectivity index (χ3v) is 5.11. The van der Waals surface area contributed by atoms with Crippen LogP contribution in [0.1, 0.15) is 45.1 Å². The quantitative estimate of drug-likeness (QED) is 0.514. The fourth-order valence-corrected chi connectivity index (χ4v) is 3.68. The molecule has 0 spiro atoms. The molecule has 150 valence electrons. The van der Waals surface area contributed by atoms with Crippen LogP contribution in [0.4, 0.5) is 5.69 Å². The number of aliphatic hydroxyl groups is 1. The summed E-state index contributed by atoms with van der Waals surface area (Å²) in [6, 6.07) is 5.52. The molecule has 0 fully saturated rings. The van der Waals surface area contributed by atoms with Gasteiger partial charge in [0.05, 0.1) is 19.3 Å². The summed E-state index contributed by atoms with van der Waals surface area (Å²) in [5.41, 5.74) is 2.12. The Balaban J connectivity index is 2.16. The van der Waals surface area contributed by atoms with Gasteiger partial charge in [0.25, 0.3) is 0 Å². The van der Waals surface area contributed by atoms with Crippen molar-refractivity contribution in [2.24, 2.45) is 5.92 Å². The van der Waals surface area contributed by atoms with Crippen molar-refractivity contribution in [1.29, 1.82) is 0 Å². The second-order valence-electron chi connectivity index (χ2n) is 7.67. The standard InChI is InChI=1S/C22H34N2O3/c1-5-6-7-8-9-12-27-19-11-10-17-13-18(15-25)23-22(26)21(16(2)3)24(4)20(17)14-19/h5,10-11,14,16,18,21,25H,1,6-9,12-13,15H2,2-4H3,(H,23,26)/t18-,21-/m0/s1. The van der Waals surface area contributed by atoms with Crippen molar-refractivity contribution in [3.8, 4) is 5.75 Å². The number of carbonyl (C=O) groups is 1. The zero-order valence-corrected chi connectivity index (χ0v) is 16.9. The molecule has 1 amide bonds. The van der Waals surface area contributed by atoms with Gasteiger partial charge in [0.15, 0.2) is 0 Å². The van der Waals surface area contributed by atoms with Gasteiger partial charge in [-0.3, -0.25) is 4.79 Å². The van der Waals surface area contributed by atoms with Crippen molar-refractivity contribution < 1.29 is 14.6 Å². The maximum absolute atomic E-state index is 12.7. The highest BCUT2D eigenvalue weighted by Gasteiger charge is 2.32. The molecule has 0 saturated heterocycles. The molecule has 1 heterocycles. The van der Waals surface area contributed by atoms with Gasteiger partial charge < -0.3 is 20.1 Å². The number of likely N-dealkylation sites (N-methyl/N-ethyl adjacent to an activating group) is 1. The molecule has 2 rings (SSSR count). The van der Waals surface area contributed by atoms with E-state index in [-0.39, 0.29) is 30.5 Å². The molecule has 2 N–H and O–H groups in total. The molecule has 1 aromatic carbocycles. The Morgan fingerprint density at radius 2 is 2.15 bits per heavy atom. The zero-order valence-electron chi connectivity index (χ0n) is 16.9. The number of anilines is 1. The van der Waals surface area contributed by atoms with E-state index in [9.17, 15) is 9.90 Å². The Morgan fingerprint density at radius 3 is 2.81 bits per heavy atom. The summed E-state index contributed by atoms with van der Waals surface area (Å²) < 4.78 is 5.95. The number of benzene rings is 1. The number of rotatable bonds is 9. The van der Waals surface area contributed by atoms with Crippen LogP contribution in [0.5, 0.6) is 5.75 Å². The Hall–Kier alpha value is -2.01. The Labute approximate surface area is 163 Å². The highest BCUT2D eigenvalue weighted by Crippen LogP contribution is 2.31. The molecule has 0 aliphatic carbocycles. The number of ether oxygens (including phenoxy) is 1. The van der Waals surface area contributed by atoms with Gasteiger partial charge in [0.2, 0.25) is 5.91 Å². The fourth-order valence-electron chi connectivity index (χ4n) is 3.68. The lowest BCUT2D eigenvalue weighted by Gasteiger charge is -2.37. The SMILES string of the molecule is C=CCCCCCOc1ccc2c(c1)N(C)[C@@H](C(C)C)C(=O)N[C@H](CO)C2. The average molecular weight is 375 g/mol. The summed E-state index contributed by atoms with van der Waals surface area (Å²) in [6.07, 6.45) is 6.90. The van der Waals surface area contributed by atoms with E-state index >= 15 is 0 Å². The predicted molar refractivity (Wildman–Crippen MR) is 110 cm³/mol. The molecule has 1 aromatic rings. The molecule has 0 radical (unpaired) electrons. The van der Waals surface area contributed by atoms with E-state index in [0.717, 1.165) is 42.7 Å². The first-order valence-electron chi connectivity index (χ1n) is 9.98. The van der Waals surface area contributed by atoms with Crippen LogP contribution in [0, 0.1) is 5.92 Å². The summed E-state index contributed by atoms with van der Waals surface area (Å²) in [6.45, 7) is 8.45. The monoisotopic (exact) mass is 374 g/mol. The van der Waals surface area contributed by atoms with E-state index in [1.165, 1.54) is 0 Å². The Bertz CT molecular complexity index is 630. The van der Waals surface area contributed by atoms with E-state index in [0.29, 0.717) is 13.0 Å². The van der Waals surface area contributed by atoms with Crippen LogP contribution in [0.2, 0.25) is 0 Å². The van der Waals surface area contributed by atoms with E-state index in [1.807, 2.05) is 44.0 Å². The number of hydrogen-bond donors (Lipinski definition) is 2. The van der Waals surface area contributed by atoms with E-state index < -0.39 is 0 Å². The highest BCUT2D eigenvalue weighted by molar-refractivity contribution is 5.86. The van der Waals surface area contributed by atoms with Gasteiger partial charge in [-0.25, -0.2) is 0 Å². The van der Waals surface area contributed by atoms with Gasteiger partial charge >= 0.3 is 0 Å². The summed E-state index contributed by atoms with van der Waals surface area (Å²) in [5.74, 6) is 0.939. The van der Waals surface area contributed by atoms with Crippen molar-refractivity contribution in [2.45, 2.75) is 58.0 Å². The number of allylic oxidation sites excluding steroid dienone is 1. The number of fused-ring (bicyclic) bond motifs is 1. The second kappa shape index (κ2) is 10.4. The normalized spacial score (nSPS) is 19.9. The molecular formula is C22H34N2O3. The van der Waals surface area contributed by atoms with Crippen molar-refractivity contribution in [2.75, 3.05) is 25.2 Å². The number of amides is 1. The zero-order chi connectivity index (χ0) is 19.8. The number of unbranched alkanes of at least 4 members (excludes halogenated alkanes) is 3. The molecule has 0 unspecified atom stereocenters. The second-order valence-corrected chi connectivity index (χ2v) is 7.67. The lowest BCUT2D eigenvalue weighted by atomic mass is 9.95. The molecular weight excluding hydrogens is 340 g/mol. The minimum absolute atomic E-state index is 0.0364. The fraction of sp³-hybridized carbons (Fsp3) is 0.591. The first-order chi connectivity index (χ1) is 13.0. The number of nitrogens with zero attached hydrogens (tertiary/aromatic N) is 1. The summed E-state index contributed by atoms with van der Waals surface area (Å²) >= 11 is 0. The maximum atomic E-state index is 12.7. The van der Waals surface area contributed by atoms with Crippen LogP contribution in [-0.4, -0.2) is 43.4 Å². The van der Waals surface area contributed by atoms with E-state index in [4.69, 9.17) is 4.74 Å². The van der Waals surface area contributed by atoms with Gasteiger partial charge in [-0.05, 0) is 49.7 Å². The summed E-state index contributed by atoms with van der Waals surface area (Å²) in [5, 5.41) is 12.6. The van der Waals surface area contributed by atoms with Gasteiger partial charge in [-0.1, -0.05) is 26.0 Å². The van der Waals surface area contributed by atoms with Crippen molar-refractivity contribution >= 4 is 11.6 Å². The number of nitrogens with one attached hydrogen (secondary N) is 1. The van der Waals surface area contributed by atoms with Gasteiger partial charge in [0.1, 0.15) is 11.8 Å². The van der Waals surface area contributed by atoms with Crippen molar-refractivity contribution in [1.82, 2.24) is 5.32 Å². The maximum Gasteiger partial charge on any atom is 0.243 e. The summed E-state index contributed by atoms with van der Waals surface area (Å²) in [7, 11) is 1.96. The molecule has 0 bridgehead atoms. The molecule has 0 saturated carbocycles. The Morgan fingerprint density at radius 1 is 1.37 bits per heavy atom. The predicted octanol–water partition coefficient (Wildman–Crippen LogP) is 3.31. The molecule has 5 nitrogen and oxygen atoms in total. The molecule has 1 aliphatic heterocycles. The van der Waals surface area contributed by atoms with E-state index in [1.54, 1.807) is 0 Å². The number of carbonyl (C=O) groups excluding carboxylic acids is 1. The molecule has 5 heteroatoms. The number of hydrogen-bond acceptors (Lipinski definition) is 4. The molecule has 0 aromatic heterocycles. The molecule has 2 atom stereocenters. The molecule has 1 aliphatic rings. The number of aliphatic hydroxyl groups excluding tert-OH is 1. The minimum atomic E-state index is -0.285. The highest BCUT2D eigenvalue weighted by atomic mass is 16.5. The van der Waals surface area contributed by atoms with Gasteiger partial charge in [-0.15, -0.1) is 6.58 Å². The van der Waals surface area contributed by atoms with E-state index in [2.05, 4.69) is 18.0 Å². The lowest BCUT2D eigenvalue weighted by molar-refractivity contribution is -0.124. The van der Waals surface area contributed by atoms with Gasteiger partial charge in [0, 0.05) is 18.8 Å². The topological polar surface area (TPSA) is 61.8 Å². The largest absolute Gasteiger partial charge is 0.494 e. The third kappa shape index (κ3) is 5.73. The van der Waals surface area contributed by atoms with Crippen LogP contribution in [0.25, 0.3) is 0 Å². The first kappa shape index (κ1) is 21.3. The van der Waals surface area contributed by atoms with Crippen LogP contribution >= 0.6 is 0 Å². The first-order valence-corrected chi connectivity index (χ1v) is 9.98. The smallest absolute Gasteiger partial charge is 0.243 e. The van der Waals surface area contributed by atoms with Crippen molar-refractivity contribution in [3.05, 3.63) is 36.4 Å². The van der Waals surface area contributed by atoms with Crippen LogP contribution < -0.4 is 15.0 Å². The Kier molecular flexibility index (Phi) is 8.17. The van der Waals surface area contributed by atoms with Crippen LogP contribution in [0.3, 0.4) is 0 Å². The van der Waals surface area contributed by atoms with Crippen LogP contribution in [0.15, 0.2) is 30.9 Å². The summed E-state index contributed by atoms with van der Waals surface area (Å²) in [4.78, 5) is 14.7. The van der Waals surface area contributed by atoms with Crippen LogP contribution in [-0.2, 0) is 11.2 Å². The van der Waals surface area contributed by atoms with Gasteiger partial charge in [-0.2, -0.15) is 0 Å². The third-order valence-electron chi connectivity index (χ3n) is 5.11. The minimum Gasteiger partial charge on any atom is -0.494 e. The average Bonchev–Trinajstić information content (AvgIpc) is 2.63.